The minimum absolute atomic E-state index is 0. The Morgan fingerprint density at radius 3 is 2.75 bits per heavy atom. The third-order valence-electron chi connectivity index (χ3n) is 5.54. The highest BCUT2D eigenvalue weighted by Gasteiger charge is 2.26. The molecule has 0 aromatic carbocycles. The van der Waals surface area contributed by atoms with Crippen molar-refractivity contribution in [2.75, 3.05) is 32.7 Å². The Morgan fingerprint density at radius 1 is 1.29 bits per heavy atom. The second-order valence-electron chi connectivity index (χ2n) is 8.25. The van der Waals surface area contributed by atoms with Crippen molar-refractivity contribution in [1.82, 2.24) is 25.7 Å². The Hall–Kier alpha value is -0.900. The highest BCUT2D eigenvalue weighted by Crippen LogP contribution is 2.26. The van der Waals surface area contributed by atoms with Crippen LogP contribution in [0, 0.1) is 5.92 Å². The van der Waals surface area contributed by atoms with E-state index in [1.807, 2.05) is 0 Å². The summed E-state index contributed by atoms with van der Waals surface area (Å²) in [6.07, 6.45) is 7.57. The van der Waals surface area contributed by atoms with Crippen LogP contribution in [-0.4, -0.2) is 59.8 Å². The molecule has 2 aliphatic rings. The van der Waals surface area contributed by atoms with Crippen LogP contribution in [0.5, 0.6) is 0 Å². The van der Waals surface area contributed by atoms with Gasteiger partial charge in [-0.2, -0.15) is 4.98 Å². The molecule has 1 unspecified atom stereocenters. The molecular weight excluding hydrogens is 467 g/mol. The van der Waals surface area contributed by atoms with E-state index in [0.717, 1.165) is 30.8 Å². The SMILES string of the molecule is CCNC(=NCCc1nc(C(C)C)no1)NC1CCN(CC2CCCC2)C1.I. The first-order chi connectivity index (χ1) is 13.1. The van der Waals surface area contributed by atoms with E-state index in [9.17, 15) is 0 Å². The van der Waals surface area contributed by atoms with Crippen molar-refractivity contribution in [3.8, 4) is 0 Å². The Kier molecular flexibility index (Phi) is 9.98. The van der Waals surface area contributed by atoms with Gasteiger partial charge in [-0.05, 0) is 32.1 Å². The van der Waals surface area contributed by atoms with Crippen molar-refractivity contribution < 1.29 is 4.52 Å². The smallest absolute Gasteiger partial charge is 0.228 e. The number of nitrogens with zero attached hydrogens (tertiary/aromatic N) is 4. The second kappa shape index (κ2) is 11.9. The van der Waals surface area contributed by atoms with Gasteiger partial charge in [-0.1, -0.05) is 31.8 Å². The Morgan fingerprint density at radius 2 is 2.07 bits per heavy atom. The molecule has 3 rings (SSSR count). The molecule has 0 spiro atoms. The van der Waals surface area contributed by atoms with E-state index in [-0.39, 0.29) is 24.0 Å². The number of aromatic nitrogens is 2. The van der Waals surface area contributed by atoms with Crippen molar-refractivity contribution >= 4 is 29.9 Å². The molecule has 2 N–H and O–H groups in total. The van der Waals surface area contributed by atoms with Gasteiger partial charge >= 0.3 is 0 Å². The summed E-state index contributed by atoms with van der Waals surface area (Å²) in [5, 5.41) is 11.0. The van der Waals surface area contributed by atoms with Crippen molar-refractivity contribution in [2.24, 2.45) is 10.9 Å². The molecule has 8 heteroatoms. The van der Waals surface area contributed by atoms with Crippen molar-refractivity contribution in [3.05, 3.63) is 11.7 Å². The van der Waals surface area contributed by atoms with Gasteiger partial charge in [0.15, 0.2) is 11.8 Å². The van der Waals surface area contributed by atoms with Gasteiger partial charge < -0.3 is 20.1 Å². The number of likely N-dealkylation sites (tertiary alicyclic amines) is 1. The lowest BCUT2D eigenvalue weighted by Gasteiger charge is -2.21. The van der Waals surface area contributed by atoms with E-state index >= 15 is 0 Å². The normalized spacial score (nSPS) is 21.3. The van der Waals surface area contributed by atoms with Gasteiger partial charge in [-0.25, -0.2) is 0 Å². The number of hydrogen-bond acceptors (Lipinski definition) is 5. The fourth-order valence-electron chi connectivity index (χ4n) is 4.06. The van der Waals surface area contributed by atoms with Crippen LogP contribution < -0.4 is 10.6 Å². The molecule has 0 bridgehead atoms. The molecule has 1 aromatic heterocycles. The zero-order chi connectivity index (χ0) is 19.1. The minimum Gasteiger partial charge on any atom is -0.357 e. The lowest BCUT2D eigenvalue weighted by molar-refractivity contribution is 0.275. The molecule has 1 saturated carbocycles. The first kappa shape index (κ1) is 23.4. The van der Waals surface area contributed by atoms with Crippen LogP contribution in [0.1, 0.15) is 70.5 Å². The molecule has 1 saturated heterocycles. The van der Waals surface area contributed by atoms with Gasteiger partial charge in [0, 0.05) is 44.6 Å². The van der Waals surface area contributed by atoms with Gasteiger partial charge in [0.2, 0.25) is 5.89 Å². The number of nitrogens with one attached hydrogen (secondary N) is 2. The fraction of sp³-hybridized carbons (Fsp3) is 0.850. The summed E-state index contributed by atoms with van der Waals surface area (Å²) in [5.74, 6) is 3.55. The summed E-state index contributed by atoms with van der Waals surface area (Å²) >= 11 is 0. The number of aliphatic imine (C=N–C) groups is 1. The Balaban J connectivity index is 0.00000280. The topological polar surface area (TPSA) is 78.6 Å². The molecule has 1 aliphatic heterocycles. The molecule has 2 heterocycles. The van der Waals surface area contributed by atoms with E-state index < -0.39 is 0 Å². The highest BCUT2D eigenvalue weighted by atomic mass is 127. The zero-order valence-electron chi connectivity index (χ0n) is 17.6. The van der Waals surface area contributed by atoms with Gasteiger partial charge in [-0.15, -0.1) is 24.0 Å². The molecule has 7 nitrogen and oxygen atoms in total. The maximum absolute atomic E-state index is 5.30. The minimum atomic E-state index is 0. The lowest BCUT2D eigenvalue weighted by Crippen LogP contribution is -2.45. The summed E-state index contributed by atoms with van der Waals surface area (Å²) in [6, 6.07) is 0.486. The van der Waals surface area contributed by atoms with E-state index in [1.165, 1.54) is 45.2 Å². The summed E-state index contributed by atoms with van der Waals surface area (Å²) in [7, 11) is 0. The van der Waals surface area contributed by atoms with Crippen molar-refractivity contribution in [2.45, 2.75) is 71.3 Å². The molecule has 0 radical (unpaired) electrons. The largest absolute Gasteiger partial charge is 0.357 e. The van der Waals surface area contributed by atoms with E-state index in [0.29, 0.717) is 30.8 Å². The summed E-state index contributed by atoms with van der Waals surface area (Å²) in [4.78, 5) is 11.8. The summed E-state index contributed by atoms with van der Waals surface area (Å²) < 4.78 is 5.30. The van der Waals surface area contributed by atoms with Crippen LogP contribution in [0.2, 0.25) is 0 Å². The third kappa shape index (κ3) is 7.17. The molecule has 28 heavy (non-hydrogen) atoms. The fourth-order valence-corrected chi connectivity index (χ4v) is 4.06. The number of guanidine groups is 1. The molecular formula is C20H37IN6O. The van der Waals surface area contributed by atoms with Crippen LogP contribution in [0.15, 0.2) is 9.52 Å². The predicted octanol–water partition coefficient (Wildman–Crippen LogP) is 3.17. The van der Waals surface area contributed by atoms with Crippen LogP contribution in [0.25, 0.3) is 0 Å². The predicted molar refractivity (Wildman–Crippen MR) is 123 cm³/mol. The van der Waals surface area contributed by atoms with Gasteiger partial charge in [-0.3, -0.25) is 4.99 Å². The van der Waals surface area contributed by atoms with Gasteiger partial charge in [0.25, 0.3) is 0 Å². The first-order valence-corrected chi connectivity index (χ1v) is 10.7. The van der Waals surface area contributed by atoms with Crippen LogP contribution in [0.4, 0.5) is 0 Å². The second-order valence-corrected chi connectivity index (χ2v) is 8.25. The molecule has 2 fully saturated rings. The van der Waals surface area contributed by atoms with Crippen molar-refractivity contribution in [3.63, 3.8) is 0 Å². The van der Waals surface area contributed by atoms with Gasteiger partial charge in [0.05, 0.1) is 6.54 Å². The van der Waals surface area contributed by atoms with Crippen LogP contribution in [-0.2, 0) is 6.42 Å². The van der Waals surface area contributed by atoms with Crippen LogP contribution in [0.3, 0.4) is 0 Å². The first-order valence-electron chi connectivity index (χ1n) is 10.7. The van der Waals surface area contributed by atoms with E-state index in [2.05, 4.69) is 46.4 Å². The van der Waals surface area contributed by atoms with Crippen LogP contribution >= 0.6 is 24.0 Å². The van der Waals surface area contributed by atoms with Gasteiger partial charge in [0.1, 0.15) is 0 Å². The average Bonchev–Trinajstić information content (AvgIpc) is 3.38. The molecule has 1 aliphatic carbocycles. The standard InChI is InChI=1S/C20H36N6O.HI/c1-4-21-20(22-11-9-18-24-19(15(2)3)25-27-18)23-17-10-12-26(14-17)13-16-7-5-6-8-16;/h15-17H,4-14H2,1-3H3,(H2,21,22,23);1H. The van der Waals surface area contributed by atoms with E-state index in [4.69, 9.17) is 9.52 Å². The summed E-state index contributed by atoms with van der Waals surface area (Å²) in [6.45, 7) is 11.4. The zero-order valence-corrected chi connectivity index (χ0v) is 19.9. The number of rotatable bonds is 8. The third-order valence-corrected chi connectivity index (χ3v) is 5.54. The highest BCUT2D eigenvalue weighted by molar-refractivity contribution is 14.0. The number of hydrogen-bond donors (Lipinski definition) is 2. The molecule has 0 amide bonds. The molecule has 160 valence electrons. The van der Waals surface area contributed by atoms with E-state index in [1.54, 1.807) is 0 Å². The number of halogens is 1. The molecule has 1 aromatic rings. The summed E-state index contributed by atoms with van der Waals surface area (Å²) in [5.41, 5.74) is 0. The molecule has 1 atom stereocenters. The van der Waals surface area contributed by atoms with Crippen molar-refractivity contribution in [1.29, 1.82) is 0 Å². The maximum atomic E-state index is 5.30. The quantitative estimate of drug-likeness (QED) is 0.322. The lowest BCUT2D eigenvalue weighted by atomic mass is 10.1. The Labute approximate surface area is 186 Å². The average molecular weight is 504 g/mol. The maximum Gasteiger partial charge on any atom is 0.228 e. The Bertz CT molecular complexity index is 599. The monoisotopic (exact) mass is 504 g/mol.